The van der Waals surface area contributed by atoms with Gasteiger partial charge in [-0.15, -0.1) is 11.8 Å². The molecule has 7 heteroatoms. The fraction of sp³-hybridized carbons (Fsp3) is 0.393. The van der Waals surface area contributed by atoms with Gasteiger partial charge in [0, 0.05) is 18.9 Å². The first-order chi connectivity index (χ1) is 17.0. The fourth-order valence-electron chi connectivity index (χ4n) is 5.16. The van der Waals surface area contributed by atoms with Gasteiger partial charge in [0.2, 0.25) is 5.91 Å². The molecule has 4 rings (SSSR count). The summed E-state index contributed by atoms with van der Waals surface area (Å²) in [6.07, 6.45) is 1.67. The zero-order chi connectivity index (χ0) is 24.8. The Hall–Kier alpha value is -3.79. The molecule has 0 bridgehead atoms. The molecule has 2 aromatic rings. The minimum Gasteiger partial charge on any atom is -0.481 e. The van der Waals surface area contributed by atoms with Crippen molar-refractivity contribution in [3.8, 4) is 23.0 Å². The Kier molecular flexibility index (Phi) is 7.71. The summed E-state index contributed by atoms with van der Waals surface area (Å²) in [4.78, 5) is 36.9. The number of carbonyl (C=O) groups excluding carboxylic acids is 2. The largest absolute Gasteiger partial charge is 0.481 e. The van der Waals surface area contributed by atoms with Crippen LogP contribution >= 0.6 is 0 Å². The molecule has 1 saturated carbocycles. The molecule has 1 fully saturated rings. The van der Waals surface area contributed by atoms with Gasteiger partial charge in [0.15, 0.2) is 0 Å². The van der Waals surface area contributed by atoms with Gasteiger partial charge in [-0.3, -0.25) is 9.59 Å². The van der Waals surface area contributed by atoms with Crippen LogP contribution in [0, 0.1) is 23.7 Å². The van der Waals surface area contributed by atoms with Crippen molar-refractivity contribution in [1.82, 2.24) is 10.6 Å². The number of carboxylic acids is 1. The lowest BCUT2D eigenvalue weighted by molar-refractivity contribution is -0.143. The third kappa shape index (κ3) is 5.48. The van der Waals surface area contributed by atoms with Crippen molar-refractivity contribution in [3.63, 3.8) is 0 Å². The molecule has 0 aromatic heterocycles. The normalized spacial score (nSPS) is 19.0. The number of aliphatic carboxylic acids is 1. The lowest BCUT2D eigenvalue weighted by atomic mass is 9.96. The van der Waals surface area contributed by atoms with Crippen LogP contribution < -0.4 is 10.6 Å². The Bertz CT molecular complexity index is 1120. The predicted octanol–water partition coefficient (Wildman–Crippen LogP) is 3.92. The van der Waals surface area contributed by atoms with Crippen LogP contribution in [0.3, 0.4) is 0 Å². The molecule has 2 amide bonds. The average molecular weight is 475 g/mol. The number of rotatable bonds is 8. The van der Waals surface area contributed by atoms with Gasteiger partial charge in [0.1, 0.15) is 12.6 Å². The zero-order valence-corrected chi connectivity index (χ0v) is 19.8. The third-order valence-corrected chi connectivity index (χ3v) is 6.95. The molecule has 0 spiro atoms. The van der Waals surface area contributed by atoms with Crippen molar-refractivity contribution >= 4 is 18.0 Å². The van der Waals surface area contributed by atoms with Crippen LogP contribution in [-0.2, 0) is 14.3 Å². The van der Waals surface area contributed by atoms with E-state index in [9.17, 15) is 19.5 Å². The number of hydrogen-bond donors (Lipinski definition) is 3. The van der Waals surface area contributed by atoms with Gasteiger partial charge in [-0.2, -0.15) is 0 Å². The van der Waals surface area contributed by atoms with Crippen LogP contribution in [-0.4, -0.2) is 42.3 Å². The summed E-state index contributed by atoms with van der Waals surface area (Å²) in [7, 11) is 0. The van der Waals surface area contributed by atoms with E-state index < -0.39 is 29.9 Å². The molecule has 182 valence electrons. The number of fused-ring (bicyclic) bond motifs is 3. The average Bonchev–Trinajstić information content (AvgIpc) is 3.47. The molecule has 0 saturated heterocycles. The number of nitrogens with one attached hydrogen (secondary N) is 2. The second kappa shape index (κ2) is 11.1. The van der Waals surface area contributed by atoms with E-state index in [0.29, 0.717) is 6.42 Å². The van der Waals surface area contributed by atoms with Gasteiger partial charge in [0.05, 0.1) is 5.92 Å². The van der Waals surface area contributed by atoms with E-state index in [0.717, 1.165) is 35.1 Å². The highest BCUT2D eigenvalue weighted by atomic mass is 16.5. The van der Waals surface area contributed by atoms with Crippen LogP contribution in [0.15, 0.2) is 48.5 Å². The van der Waals surface area contributed by atoms with Crippen LogP contribution in [0.5, 0.6) is 0 Å². The number of alkyl carbamates (subject to hydrolysis) is 1. The standard InChI is InChI=1S/C28H30N2O5/c1-2-3-15-25(26(31)29-16-18-9-8-14-19(18)27(32)33)30-28(34)35-17-24-22-12-6-4-10-20(22)21-11-5-7-13-23(21)24/h4-7,10-13,18-19,24-25H,8-9,14-17H2,1H3,(H,29,31)(H,30,34)(H,32,33). The number of amides is 2. The van der Waals surface area contributed by atoms with Crippen molar-refractivity contribution in [1.29, 1.82) is 0 Å². The molecule has 3 N–H and O–H groups in total. The maximum absolute atomic E-state index is 12.8. The molecule has 3 unspecified atom stereocenters. The summed E-state index contributed by atoms with van der Waals surface area (Å²) < 4.78 is 5.57. The molecule has 2 aromatic carbocycles. The third-order valence-electron chi connectivity index (χ3n) is 6.95. The number of hydrogen-bond acceptors (Lipinski definition) is 4. The number of carboxylic acid groups (broad SMARTS) is 1. The van der Waals surface area contributed by atoms with Gasteiger partial charge >= 0.3 is 12.1 Å². The summed E-state index contributed by atoms with van der Waals surface area (Å²) in [5, 5.41) is 14.8. The van der Waals surface area contributed by atoms with Gasteiger partial charge in [-0.05, 0) is 47.9 Å². The van der Waals surface area contributed by atoms with Crippen molar-refractivity contribution < 1.29 is 24.2 Å². The molecule has 0 radical (unpaired) electrons. The molecular formula is C28H30N2O5. The molecular weight excluding hydrogens is 444 g/mol. The summed E-state index contributed by atoms with van der Waals surface area (Å²) >= 11 is 0. The lowest BCUT2D eigenvalue weighted by Gasteiger charge is -2.21. The van der Waals surface area contributed by atoms with Crippen molar-refractivity contribution in [2.75, 3.05) is 13.2 Å². The first-order valence-corrected chi connectivity index (χ1v) is 12.0. The second-order valence-electron chi connectivity index (χ2n) is 9.03. The van der Waals surface area contributed by atoms with Crippen LogP contribution in [0.25, 0.3) is 11.1 Å². The van der Waals surface area contributed by atoms with E-state index >= 15 is 0 Å². The molecule has 2 aliphatic carbocycles. The summed E-state index contributed by atoms with van der Waals surface area (Å²) in [6.45, 7) is 2.08. The summed E-state index contributed by atoms with van der Waals surface area (Å²) in [5.74, 6) is 3.73. The molecule has 3 atom stereocenters. The minimum absolute atomic E-state index is 0.0776. The lowest BCUT2D eigenvalue weighted by Crippen LogP contribution is -2.48. The first-order valence-electron chi connectivity index (χ1n) is 12.0. The maximum atomic E-state index is 12.8. The molecule has 7 nitrogen and oxygen atoms in total. The van der Waals surface area contributed by atoms with Gasteiger partial charge in [-0.1, -0.05) is 55.0 Å². The fourth-order valence-corrected chi connectivity index (χ4v) is 5.16. The number of carbonyl (C=O) groups is 3. The smallest absolute Gasteiger partial charge is 0.407 e. The Morgan fingerprint density at radius 3 is 2.34 bits per heavy atom. The van der Waals surface area contributed by atoms with E-state index in [2.05, 4.69) is 34.6 Å². The van der Waals surface area contributed by atoms with Gasteiger partial charge in [0.25, 0.3) is 0 Å². The highest BCUT2D eigenvalue weighted by Gasteiger charge is 2.34. The molecule has 2 aliphatic rings. The molecule has 0 heterocycles. The second-order valence-corrected chi connectivity index (χ2v) is 9.03. The highest BCUT2D eigenvalue weighted by Crippen LogP contribution is 2.44. The van der Waals surface area contributed by atoms with E-state index in [1.807, 2.05) is 36.4 Å². The monoisotopic (exact) mass is 474 g/mol. The topological polar surface area (TPSA) is 105 Å². The number of benzene rings is 2. The summed E-state index contributed by atoms with van der Waals surface area (Å²) in [6, 6.07) is 15.3. The van der Waals surface area contributed by atoms with E-state index in [-0.39, 0.29) is 31.4 Å². The van der Waals surface area contributed by atoms with Crippen LogP contribution in [0.2, 0.25) is 0 Å². The maximum Gasteiger partial charge on any atom is 0.407 e. The Morgan fingerprint density at radius 2 is 1.71 bits per heavy atom. The van der Waals surface area contributed by atoms with Gasteiger partial charge in [-0.25, -0.2) is 4.79 Å². The summed E-state index contributed by atoms with van der Waals surface area (Å²) in [5.41, 5.74) is 4.49. The highest BCUT2D eigenvalue weighted by molar-refractivity contribution is 5.86. The number of ether oxygens (including phenoxy) is 1. The Balaban J connectivity index is 1.36. The Morgan fingerprint density at radius 1 is 1.06 bits per heavy atom. The molecule has 35 heavy (non-hydrogen) atoms. The van der Waals surface area contributed by atoms with E-state index in [1.54, 1.807) is 6.92 Å². The Labute approximate surface area is 205 Å². The van der Waals surface area contributed by atoms with Crippen molar-refractivity contribution in [2.24, 2.45) is 11.8 Å². The van der Waals surface area contributed by atoms with Gasteiger partial charge < -0.3 is 20.5 Å². The zero-order valence-electron chi connectivity index (χ0n) is 19.8. The predicted molar refractivity (Wildman–Crippen MR) is 132 cm³/mol. The van der Waals surface area contributed by atoms with Crippen molar-refractivity contribution in [2.45, 2.75) is 44.6 Å². The SMILES string of the molecule is CC#CCC(NC(=O)OCC1c2ccccc2-c2ccccc21)C(=O)NCC1CCCC1C(=O)O. The minimum atomic E-state index is -0.886. The van der Waals surface area contributed by atoms with E-state index in [1.165, 1.54) is 0 Å². The van der Waals surface area contributed by atoms with Crippen LogP contribution in [0.4, 0.5) is 4.79 Å². The van der Waals surface area contributed by atoms with Crippen LogP contribution in [0.1, 0.15) is 49.7 Å². The van der Waals surface area contributed by atoms with Crippen molar-refractivity contribution in [3.05, 3.63) is 59.7 Å². The first kappa shape index (κ1) is 24.3. The molecule has 0 aliphatic heterocycles. The quantitative estimate of drug-likeness (QED) is 0.503. The van der Waals surface area contributed by atoms with E-state index in [4.69, 9.17) is 4.74 Å².